The predicted octanol–water partition coefficient (Wildman–Crippen LogP) is 2.47. The molecule has 16 heavy (non-hydrogen) atoms. The molecule has 1 fully saturated rings. The van der Waals surface area contributed by atoms with Gasteiger partial charge in [-0.05, 0) is 38.7 Å². The summed E-state index contributed by atoms with van der Waals surface area (Å²) in [6, 6.07) is 0.362. The summed E-state index contributed by atoms with van der Waals surface area (Å²) in [5.41, 5.74) is 0. The quantitative estimate of drug-likeness (QED) is 0.683. The highest BCUT2D eigenvalue weighted by Crippen LogP contribution is 2.20. The summed E-state index contributed by atoms with van der Waals surface area (Å²) in [5, 5.41) is 0. The number of likely N-dealkylation sites (tertiary alicyclic amines) is 1. The number of hydrogen-bond donors (Lipinski definition) is 0. The van der Waals surface area contributed by atoms with Crippen LogP contribution < -0.4 is 0 Å². The second kappa shape index (κ2) is 5.37. The molecule has 2 aliphatic rings. The van der Waals surface area contributed by atoms with Gasteiger partial charge in [0.05, 0.1) is 6.61 Å². The Bertz CT molecular complexity index is 286. The lowest BCUT2D eigenvalue weighted by Crippen LogP contribution is -2.39. The van der Waals surface area contributed by atoms with Crippen LogP contribution in [0.25, 0.3) is 0 Å². The van der Waals surface area contributed by atoms with Gasteiger partial charge in [-0.2, -0.15) is 0 Å². The van der Waals surface area contributed by atoms with Crippen molar-refractivity contribution in [3.8, 4) is 0 Å². The third kappa shape index (κ3) is 2.57. The first-order valence-corrected chi connectivity index (χ1v) is 6.43. The maximum Gasteiger partial charge on any atom is 0.288 e. The van der Waals surface area contributed by atoms with E-state index in [1.54, 1.807) is 0 Å². The molecule has 3 heteroatoms. The van der Waals surface area contributed by atoms with E-state index in [2.05, 4.69) is 6.92 Å². The van der Waals surface area contributed by atoms with E-state index in [-0.39, 0.29) is 5.91 Å². The number of carbonyl (C=O) groups is 1. The van der Waals surface area contributed by atoms with Crippen molar-refractivity contribution in [2.24, 2.45) is 0 Å². The number of nitrogens with zero attached hydrogens (tertiary/aromatic N) is 1. The van der Waals surface area contributed by atoms with Crippen molar-refractivity contribution in [3.63, 3.8) is 0 Å². The zero-order chi connectivity index (χ0) is 11.4. The van der Waals surface area contributed by atoms with Crippen molar-refractivity contribution >= 4 is 5.91 Å². The highest BCUT2D eigenvalue weighted by molar-refractivity contribution is 5.91. The van der Waals surface area contributed by atoms with Gasteiger partial charge in [-0.25, -0.2) is 0 Å². The SMILES string of the molecule is CC1CCCCCN1C(=O)C1=CCCCO1. The van der Waals surface area contributed by atoms with Crippen LogP contribution in [0.5, 0.6) is 0 Å². The Labute approximate surface area is 97.5 Å². The highest BCUT2D eigenvalue weighted by Gasteiger charge is 2.26. The molecule has 0 aromatic rings. The van der Waals surface area contributed by atoms with Crippen molar-refractivity contribution in [3.05, 3.63) is 11.8 Å². The molecule has 0 radical (unpaired) electrons. The molecule has 0 aliphatic carbocycles. The molecule has 0 bridgehead atoms. The summed E-state index contributed by atoms with van der Waals surface area (Å²) in [6.45, 7) is 3.73. The molecular weight excluding hydrogens is 202 g/mol. The maximum atomic E-state index is 12.2. The minimum Gasteiger partial charge on any atom is -0.488 e. The van der Waals surface area contributed by atoms with Crippen molar-refractivity contribution in [2.75, 3.05) is 13.2 Å². The molecule has 0 saturated carbocycles. The Hall–Kier alpha value is -0.990. The lowest BCUT2D eigenvalue weighted by Gasteiger charge is -2.28. The van der Waals surface area contributed by atoms with E-state index in [0.717, 1.165) is 32.2 Å². The van der Waals surface area contributed by atoms with Crippen LogP contribution in [-0.2, 0) is 9.53 Å². The molecule has 2 aliphatic heterocycles. The van der Waals surface area contributed by atoms with E-state index >= 15 is 0 Å². The molecule has 0 aromatic carbocycles. The van der Waals surface area contributed by atoms with Crippen molar-refractivity contribution < 1.29 is 9.53 Å². The second-order valence-electron chi connectivity index (χ2n) is 4.76. The van der Waals surface area contributed by atoms with Crippen molar-refractivity contribution in [1.82, 2.24) is 4.90 Å². The van der Waals surface area contributed by atoms with Gasteiger partial charge in [-0.3, -0.25) is 4.79 Å². The van der Waals surface area contributed by atoms with E-state index < -0.39 is 0 Å². The standard InChI is InChI=1S/C13H21NO2/c1-11-7-3-2-5-9-14(11)13(15)12-8-4-6-10-16-12/h8,11H,2-7,9-10H2,1H3. The smallest absolute Gasteiger partial charge is 0.288 e. The number of rotatable bonds is 1. The topological polar surface area (TPSA) is 29.5 Å². The van der Waals surface area contributed by atoms with Gasteiger partial charge in [-0.15, -0.1) is 0 Å². The molecule has 0 spiro atoms. The van der Waals surface area contributed by atoms with Crippen LogP contribution in [0.3, 0.4) is 0 Å². The van der Waals surface area contributed by atoms with Gasteiger partial charge in [0.15, 0.2) is 5.76 Å². The van der Waals surface area contributed by atoms with E-state index in [4.69, 9.17) is 4.74 Å². The summed E-state index contributed by atoms with van der Waals surface area (Å²) in [5.74, 6) is 0.689. The Morgan fingerprint density at radius 3 is 3.00 bits per heavy atom. The molecule has 2 heterocycles. The summed E-state index contributed by atoms with van der Waals surface area (Å²) in [7, 11) is 0. The minimum atomic E-state index is 0.106. The predicted molar refractivity (Wildman–Crippen MR) is 62.9 cm³/mol. The average Bonchev–Trinajstić information content (AvgIpc) is 2.54. The fraction of sp³-hybridized carbons (Fsp3) is 0.769. The molecule has 0 N–H and O–H groups in total. The summed E-state index contributed by atoms with van der Waals surface area (Å²) in [4.78, 5) is 14.2. The third-order valence-corrected chi connectivity index (χ3v) is 3.46. The van der Waals surface area contributed by atoms with Gasteiger partial charge in [0, 0.05) is 12.6 Å². The fourth-order valence-corrected chi connectivity index (χ4v) is 2.42. The summed E-state index contributed by atoms with van der Waals surface area (Å²) < 4.78 is 5.45. The fourth-order valence-electron chi connectivity index (χ4n) is 2.42. The minimum absolute atomic E-state index is 0.106. The zero-order valence-corrected chi connectivity index (χ0v) is 10.1. The van der Waals surface area contributed by atoms with E-state index in [1.807, 2.05) is 11.0 Å². The lowest BCUT2D eigenvalue weighted by atomic mass is 10.1. The monoisotopic (exact) mass is 223 g/mol. The number of carbonyl (C=O) groups excluding carboxylic acids is 1. The Balaban J connectivity index is 2.03. The van der Waals surface area contributed by atoms with Gasteiger partial charge in [0.1, 0.15) is 0 Å². The first-order chi connectivity index (χ1) is 7.79. The number of amides is 1. The molecule has 0 aromatic heterocycles. The van der Waals surface area contributed by atoms with Crippen LogP contribution in [0.1, 0.15) is 45.4 Å². The molecule has 90 valence electrons. The number of ether oxygens (including phenoxy) is 1. The first-order valence-electron chi connectivity index (χ1n) is 6.43. The van der Waals surface area contributed by atoms with Crippen LogP contribution in [0.2, 0.25) is 0 Å². The molecule has 1 unspecified atom stereocenters. The van der Waals surface area contributed by atoms with Crippen molar-refractivity contribution in [2.45, 2.75) is 51.5 Å². The Kier molecular flexibility index (Phi) is 3.86. The van der Waals surface area contributed by atoms with Crippen LogP contribution in [0, 0.1) is 0 Å². The van der Waals surface area contributed by atoms with E-state index in [0.29, 0.717) is 18.4 Å². The molecule has 1 atom stereocenters. The van der Waals surface area contributed by atoms with Gasteiger partial charge < -0.3 is 9.64 Å². The summed E-state index contributed by atoms with van der Waals surface area (Å²) >= 11 is 0. The van der Waals surface area contributed by atoms with E-state index in [9.17, 15) is 4.79 Å². The van der Waals surface area contributed by atoms with Crippen LogP contribution >= 0.6 is 0 Å². The molecule has 2 rings (SSSR count). The highest BCUT2D eigenvalue weighted by atomic mass is 16.5. The van der Waals surface area contributed by atoms with E-state index in [1.165, 1.54) is 12.8 Å². The molecule has 1 saturated heterocycles. The first kappa shape index (κ1) is 11.5. The van der Waals surface area contributed by atoms with Crippen LogP contribution in [0.4, 0.5) is 0 Å². The van der Waals surface area contributed by atoms with Crippen LogP contribution in [0.15, 0.2) is 11.8 Å². The largest absolute Gasteiger partial charge is 0.488 e. The molecule has 3 nitrogen and oxygen atoms in total. The van der Waals surface area contributed by atoms with Gasteiger partial charge >= 0.3 is 0 Å². The van der Waals surface area contributed by atoms with Crippen molar-refractivity contribution in [1.29, 1.82) is 0 Å². The average molecular weight is 223 g/mol. The molecule has 1 amide bonds. The zero-order valence-electron chi connectivity index (χ0n) is 10.1. The van der Waals surface area contributed by atoms with Crippen LogP contribution in [-0.4, -0.2) is 30.0 Å². The van der Waals surface area contributed by atoms with Gasteiger partial charge in [-0.1, -0.05) is 12.8 Å². The number of hydrogen-bond acceptors (Lipinski definition) is 2. The number of allylic oxidation sites excluding steroid dienone is 1. The van der Waals surface area contributed by atoms with Gasteiger partial charge in [0.2, 0.25) is 0 Å². The normalized spacial score (nSPS) is 26.7. The summed E-state index contributed by atoms with van der Waals surface area (Å²) in [6.07, 6.45) is 8.69. The molecular formula is C13H21NO2. The van der Waals surface area contributed by atoms with Gasteiger partial charge in [0.25, 0.3) is 5.91 Å². The third-order valence-electron chi connectivity index (χ3n) is 3.46. The second-order valence-corrected chi connectivity index (χ2v) is 4.76. The Morgan fingerprint density at radius 1 is 1.38 bits per heavy atom. The lowest BCUT2D eigenvalue weighted by molar-refractivity contribution is -0.133. The maximum absolute atomic E-state index is 12.2. The Morgan fingerprint density at radius 2 is 2.25 bits per heavy atom.